The molecule has 1 fully saturated rings. The van der Waals surface area contributed by atoms with Crippen LogP contribution in [-0.2, 0) is 9.53 Å². The highest BCUT2D eigenvalue weighted by Gasteiger charge is 2.31. The highest BCUT2D eigenvalue weighted by atomic mass is 16.5. The number of nitrogens with zero attached hydrogens (tertiary/aromatic N) is 1. The number of methoxy groups -OCH3 is 1. The van der Waals surface area contributed by atoms with Gasteiger partial charge in [-0.05, 0) is 25.3 Å². The summed E-state index contributed by atoms with van der Waals surface area (Å²) in [5.74, 6) is 0.763. The van der Waals surface area contributed by atoms with E-state index in [1.165, 1.54) is 6.42 Å². The van der Waals surface area contributed by atoms with Gasteiger partial charge in [0.15, 0.2) is 0 Å². The van der Waals surface area contributed by atoms with Crippen LogP contribution < -0.4 is 5.73 Å². The lowest BCUT2D eigenvalue weighted by Crippen LogP contribution is -2.41. The average Bonchev–Trinajstić information content (AvgIpc) is 2.34. The molecular weight excluding hydrogens is 204 g/mol. The lowest BCUT2D eigenvalue weighted by molar-refractivity contribution is -0.137. The van der Waals surface area contributed by atoms with E-state index in [1.54, 1.807) is 12.0 Å². The number of carbonyl (C=O) groups is 1. The minimum atomic E-state index is 0.139. The van der Waals surface area contributed by atoms with E-state index in [0.29, 0.717) is 25.6 Å². The summed E-state index contributed by atoms with van der Waals surface area (Å²) < 4.78 is 4.98. The van der Waals surface area contributed by atoms with Crippen LogP contribution in [0.1, 0.15) is 25.7 Å². The summed E-state index contributed by atoms with van der Waals surface area (Å²) >= 11 is 0. The first-order valence-electron chi connectivity index (χ1n) is 6.14. The Bertz CT molecular complexity index is 221. The minimum Gasteiger partial charge on any atom is -0.383 e. The number of ether oxygens (including phenoxy) is 1. The molecule has 1 aliphatic rings. The fraction of sp³-hybridized carbons (Fsp3) is 0.917. The normalized spacial score (nSPS) is 25.4. The SMILES string of the molecule is COCCN(C)C(=O)C1CCCCC1CN. The minimum absolute atomic E-state index is 0.139. The quantitative estimate of drug-likeness (QED) is 0.759. The molecule has 0 aromatic carbocycles. The summed E-state index contributed by atoms with van der Waals surface area (Å²) in [5.41, 5.74) is 5.74. The summed E-state index contributed by atoms with van der Waals surface area (Å²) in [6, 6.07) is 0. The molecule has 0 spiro atoms. The van der Waals surface area contributed by atoms with Gasteiger partial charge in [-0.1, -0.05) is 12.8 Å². The number of carbonyl (C=O) groups excluding carboxylic acids is 1. The molecule has 1 aliphatic carbocycles. The van der Waals surface area contributed by atoms with Crippen molar-refractivity contribution in [2.75, 3.05) is 33.9 Å². The lowest BCUT2D eigenvalue weighted by Gasteiger charge is -2.32. The Labute approximate surface area is 98.1 Å². The predicted molar refractivity (Wildman–Crippen MR) is 64.0 cm³/mol. The summed E-state index contributed by atoms with van der Waals surface area (Å²) in [4.78, 5) is 14.0. The van der Waals surface area contributed by atoms with Gasteiger partial charge < -0.3 is 15.4 Å². The lowest BCUT2D eigenvalue weighted by atomic mass is 9.78. The first-order chi connectivity index (χ1) is 7.70. The van der Waals surface area contributed by atoms with Gasteiger partial charge >= 0.3 is 0 Å². The molecule has 0 saturated heterocycles. The zero-order valence-corrected chi connectivity index (χ0v) is 10.4. The van der Waals surface area contributed by atoms with E-state index in [4.69, 9.17) is 10.5 Å². The number of amides is 1. The van der Waals surface area contributed by atoms with E-state index >= 15 is 0 Å². The monoisotopic (exact) mass is 228 g/mol. The van der Waals surface area contributed by atoms with Crippen LogP contribution in [0, 0.1) is 11.8 Å². The van der Waals surface area contributed by atoms with E-state index in [1.807, 2.05) is 7.05 Å². The molecule has 0 heterocycles. The molecule has 0 bridgehead atoms. The molecule has 1 amide bonds. The van der Waals surface area contributed by atoms with Gasteiger partial charge in [0, 0.05) is 26.6 Å². The largest absolute Gasteiger partial charge is 0.383 e. The molecular formula is C12H24N2O2. The van der Waals surface area contributed by atoms with Gasteiger partial charge in [-0.2, -0.15) is 0 Å². The van der Waals surface area contributed by atoms with Crippen LogP contribution in [0.15, 0.2) is 0 Å². The third-order valence-electron chi connectivity index (χ3n) is 3.54. The van der Waals surface area contributed by atoms with Gasteiger partial charge in [0.2, 0.25) is 5.91 Å². The number of nitrogens with two attached hydrogens (primary N) is 1. The van der Waals surface area contributed by atoms with Crippen molar-refractivity contribution in [3.05, 3.63) is 0 Å². The first kappa shape index (κ1) is 13.5. The molecule has 0 aromatic heterocycles. The molecule has 4 heteroatoms. The smallest absolute Gasteiger partial charge is 0.225 e. The number of likely N-dealkylation sites (N-methyl/N-ethyl adjacent to an activating group) is 1. The van der Waals surface area contributed by atoms with Crippen LogP contribution >= 0.6 is 0 Å². The van der Waals surface area contributed by atoms with Crippen molar-refractivity contribution in [3.63, 3.8) is 0 Å². The Kier molecular flexibility index (Phi) is 5.77. The second-order valence-corrected chi connectivity index (χ2v) is 4.64. The third-order valence-corrected chi connectivity index (χ3v) is 3.54. The molecule has 2 N–H and O–H groups in total. The van der Waals surface area contributed by atoms with Crippen LogP contribution in [0.3, 0.4) is 0 Å². The zero-order valence-electron chi connectivity index (χ0n) is 10.4. The van der Waals surface area contributed by atoms with Crippen LogP contribution in [0.5, 0.6) is 0 Å². The van der Waals surface area contributed by atoms with Crippen molar-refractivity contribution >= 4 is 5.91 Å². The number of hydrogen-bond acceptors (Lipinski definition) is 3. The number of hydrogen-bond donors (Lipinski definition) is 1. The molecule has 1 saturated carbocycles. The van der Waals surface area contributed by atoms with Crippen LogP contribution in [0.25, 0.3) is 0 Å². The van der Waals surface area contributed by atoms with Gasteiger partial charge in [0.25, 0.3) is 0 Å². The maximum absolute atomic E-state index is 12.2. The van der Waals surface area contributed by atoms with Crippen molar-refractivity contribution < 1.29 is 9.53 Å². The van der Waals surface area contributed by atoms with Gasteiger partial charge in [0.05, 0.1) is 6.61 Å². The van der Waals surface area contributed by atoms with Gasteiger partial charge in [-0.25, -0.2) is 0 Å². The molecule has 0 radical (unpaired) electrons. The fourth-order valence-corrected chi connectivity index (χ4v) is 2.44. The molecule has 2 atom stereocenters. The van der Waals surface area contributed by atoms with Crippen molar-refractivity contribution in [1.29, 1.82) is 0 Å². The number of rotatable bonds is 5. The second-order valence-electron chi connectivity index (χ2n) is 4.64. The molecule has 0 aromatic rings. The summed E-state index contributed by atoms with van der Waals surface area (Å²) in [7, 11) is 3.51. The molecule has 4 nitrogen and oxygen atoms in total. The second kappa shape index (κ2) is 6.86. The maximum Gasteiger partial charge on any atom is 0.225 e. The van der Waals surface area contributed by atoms with Crippen molar-refractivity contribution in [2.24, 2.45) is 17.6 Å². The predicted octanol–water partition coefficient (Wildman–Crippen LogP) is 0.856. The van der Waals surface area contributed by atoms with Crippen molar-refractivity contribution in [1.82, 2.24) is 4.90 Å². The Morgan fingerprint density at radius 3 is 2.75 bits per heavy atom. The van der Waals surface area contributed by atoms with E-state index in [9.17, 15) is 4.79 Å². The molecule has 16 heavy (non-hydrogen) atoms. The van der Waals surface area contributed by atoms with E-state index < -0.39 is 0 Å². The van der Waals surface area contributed by atoms with Gasteiger partial charge in [-0.15, -0.1) is 0 Å². The topological polar surface area (TPSA) is 55.6 Å². The van der Waals surface area contributed by atoms with E-state index in [2.05, 4.69) is 0 Å². The van der Waals surface area contributed by atoms with Gasteiger partial charge in [0.1, 0.15) is 0 Å². The standard InChI is InChI=1S/C12H24N2O2/c1-14(7-8-16-2)12(15)11-6-4-3-5-10(11)9-13/h10-11H,3-9,13H2,1-2H3. The Morgan fingerprint density at radius 2 is 2.12 bits per heavy atom. The Hall–Kier alpha value is -0.610. The van der Waals surface area contributed by atoms with Gasteiger partial charge in [-0.3, -0.25) is 4.79 Å². The van der Waals surface area contributed by atoms with Crippen LogP contribution in [0.2, 0.25) is 0 Å². The van der Waals surface area contributed by atoms with E-state index in [-0.39, 0.29) is 11.8 Å². The van der Waals surface area contributed by atoms with Crippen molar-refractivity contribution in [2.45, 2.75) is 25.7 Å². The molecule has 0 aliphatic heterocycles. The summed E-state index contributed by atoms with van der Waals surface area (Å²) in [6.07, 6.45) is 4.47. The van der Waals surface area contributed by atoms with Crippen molar-refractivity contribution in [3.8, 4) is 0 Å². The van der Waals surface area contributed by atoms with E-state index in [0.717, 1.165) is 19.3 Å². The zero-order chi connectivity index (χ0) is 12.0. The average molecular weight is 228 g/mol. The Balaban J connectivity index is 2.49. The third kappa shape index (κ3) is 3.46. The highest BCUT2D eigenvalue weighted by Crippen LogP contribution is 2.30. The fourth-order valence-electron chi connectivity index (χ4n) is 2.44. The highest BCUT2D eigenvalue weighted by molar-refractivity contribution is 5.79. The first-order valence-corrected chi connectivity index (χ1v) is 6.14. The van der Waals surface area contributed by atoms with Crippen LogP contribution in [-0.4, -0.2) is 44.7 Å². The summed E-state index contributed by atoms with van der Waals surface area (Å²) in [6.45, 7) is 1.90. The Morgan fingerprint density at radius 1 is 1.44 bits per heavy atom. The maximum atomic E-state index is 12.2. The van der Waals surface area contributed by atoms with Crippen LogP contribution in [0.4, 0.5) is 0 Å². The molecule has 94 valence electrons. The summed E-state index contributed by atoms with van der Waals surface area (Å²) in [5, 5.41) is 0. The molecule has 2 unspecified atom stereocenters. The molecule has 1 rings (SSSR count).